The fraction of sp³-hybridized carbons (Fsp3) is 0.208. The lowest BCUT2D eigenvalue weighted by molar-refractivity contribution is 0.0937. The molecule has 0 spiro atoms. The highest BCUT2D eigenvalue weighted by Crippen LogP contribution is 2.27. The number of hydrogen-bond acceptors (Lipinski definition) is 2. The molecular formula is C24H24FNOS. The predicted octanol–water partition coefficient (Wildman–Crippen LogP) is 6.17. The molecule has 0 fully saturated rings. The lowest BCUT2D eigenvalue weighted by Gasteiger charge is -2.16. The van der Waals surface area contributed by atoms with Crippen molar-refractivity contribution in [1.82, 2.24) is 5.32 Å². The summed E-state index contributed by atoms with van der Waals surface area (Å²) in [5.41, 5.74) is 4.05. The lowest BCUT2D eigenvalue weighted by Crippen LogP contribution is -2.27. The zero-order chi connectivity index (χ0) is 19.9. The van der Waals surface area contributed by atoms with Crippen molar-refractivity contribution in [3.05, 3.63) is 101 Å². The van der Waals surface area contributed by atoms with E-state index in [1.54, 1.807) is 23.9 Å². The van der Waals surface area contributed by atoms with Crippen LogP contribution in [-0.2, 0) is 12.2 Å². The molecular weight excluding hydrogens is 369 g/mol. The van der Waals surface area contributed by atoms with Gasteiger partial charge in [0.15, 0.2) is 0 Å². The van der Waals surface area contributed by atoms with Crippen molar-refractivity contribution in [2.24, 2.45) is 0 Å². The van der Waals surface area contributed by atoms with E-state index in [9.17, 15) is 9.18 Å². The molecule has 0 radical (unpaired) electrons. The first-order chi connectivity index (χ1) is 13.6. The molecule has 0 aliphatic heterocycles. The summed E-state index contributed by atoms with van der Waals surface area (Å²) in [4.78, 5) is 13.8. The van der Waals surface area contributed by atoms with Crippen LogP contribution in [0.25, 0.3) is 0 Å². The normalized spacial score (nSPS) is 11.8. The Morgan fingerprint density at radius 1 is 0.964 bits per heavy atom. The van der Waals surface area contributed by atoms with Crippen molar-refractivity contribution in [2.75, 3.05) is 0 Å². The Labute approximate surface area is 170 Å². The Morgan fingerprint density at radius 2 is 1.61 bits per heavy atom. The van der Waals surface area contributed by atoms with Crippen LogP contribution < -0.4 is 5.32 Å². The summed E-state index contributed by atoms with van der Waals surface area (Å²) in [5, 5.41) is 3.09. The van der Waals surface area contributed by atoms with Crippen LogP contribution in [0.2, 0.25) is 0 Å². The largest absolute Gasteiger partial charge is 0.345 e. The van der Waals surface area contributed by atoms with Crippen molar-refractivity contribution in [1.29, 1.82) is 0 Å². The van der Waals surface area contributed by atoms with Crippen LogP contribution in [0.3, 0.4) is 0 Å². The van der Waals surface area contributed by atoms with Gasteiger partial charge in [-0.15, -0.1) is 11.8 Å². The summed E-state index contributed by atoms with van der Waals surface area (Å²) >= 11 is 1.58. The molecule has 0 saturated heterocycles. The van der Waals surface area contributed by atoms with Gasteiger partial charge in [0.2, 0.25) is 0 Å². The van der Waals surface area contributed by atoms with Crippen molar-refractivity contribution < 1.29 is 9.18 Å². The maximum Gasteiger partial charge on any atom is 0.252 e. The van der Waals surface area contributed by atoms with Gasteiger partial charge in [-0.25, -0.2) is 4.39 Å². The summed E-state index contributed by atoms with van der Waals surface area (Å²) in [6, 6.07) is 22.3. The number of amides is 1. The molecule has 3 aromatic carbocycles. The molecule has 1 atom stereocenters. The molecule has 1 N–H and O–H groups in total. The van der Waals surface area contributed by atoms with Crippen LogP contribution in [0.5, 0.6) is 0 Å². The fourth-order valence-electron chi connectivity index (χ4n) is 2.92. The molecule has 0 unspecified atom stereocenters. The second-order valence-electron chi connectivity index (χ2n) is 6.70. The maximum atomic E-state index is 13.1. The molecule has 0 saturated carbocycles. The van der Waals surface area contributed by atoms with E-state index >= 15 is 0 Å². The van der Waals surface area contributed by atoms with Crippen molar-refractivity contribution >= 4 is 17.7 Å². The van der Waals surface area contributed by atoms with Crippen molar-refractivity contribution in [3.63, 3.8) is 0 Å². The van der Waals surface area contributed by atoms with E-state index in [0.717, 1.165) is 22.4 Å². The Bertz CT molecular complexity index is 922. The van der Waals surface area contributed by atoms with E-state index in [2.05, 4.69) is 36.5 Å². The number of halogens is 1. The summed E-state index contributed by atoms with van der Waals surface area (Å²) in [6.07, 6.45) is 1.000. The summed E-state index contributed by atoms with van der Waals surface area (Å²) in [5.74, 6) is 0.349. The molecule has 1 amide bonds. The van der Waals surface area contributed by atoms with Gasteiger partial charge in [-0.3, -0.25) is 4.79 Å². The number of aryl methyl sites for hydroxylation is 1. The number of hydrogen-bond donors (Lipinski definition) is 1. The average Bonchev–Trinajstić information content (AvgIpc) is 2.73. The van der Waals surface area contributed by atoms with Crippen LogP contribution in [0.4, 0.5) is 4.39 Å². The molecule has 144 valence electrons. The van der Waals surface area contributed by atoms with Gasteiger partial charge in [-0.2, -0.15) is 0 Å². The third-order valence-electron chi connectivity index (χ3n) is 4.67. The van der Waals surface area contributed by atoms with Gasteiger partial charge in [0, 0.05) is 10.6 Å². The molecule has 28 heavy (non-hydrogen) atoms. The molecule has 2 nitrogen and oxygen atoms in total. The number of nitrogens with one attached hydrogen (secondary N) is 1. The van der Waals surface area contributed by atoms with Crippen LogP contribution >= 0.6 is 11.8 Å². The van der Waals surface area contributed by atoms with E-state index in [1.165, 1.54) is 17.7 Å². The van der Waals surface area contributed by atoms with Crippen LogP contribution in [0.1, 0.15) is 46.9 Å². The SMILES string of the molecule is CCc1ccc([C@@H](C)NC(=O)c2ccccc2SCc2ccc(F)cc2)cc1. The minimum atomic E-state index is -0.241. The number of thioether (sulfide) groups is 1. The van der Waals surface area contributed by atoms with Gasteiger partial charge in [-0.05, 0) is 54.3 Å². The van der Waals surface area contributed by atoms with E-state index in [4.69, 9.17) is 0 Å². The van der Waals surface area contributed by atoms with E-state index in [0.29, 0.717) is 11.3 Å². The van der Waals surface area contributed by atoms with Gasteiger partial charge < -0.3 is 5.32 Å². The highest BCUT2D eigenvalue weighted by molar-refractivity contribution is 7.98. The minimum absolute atomic E-state index is 0.0754. The molecule has 0 aliphatic carbocycles. The van der Waals surface area contributed by atoms with Gasteiger partial charge in [0.05, 0.1) is 11.6 Å². The second-order valence-corrected chi connectivity index (χ2v) is 7.72. The fourth-order valence-corrected chi connectivity index (χ4v) is 3.93. The minimum Gasteiger partial charge on any atom is -0.345 e. The second kappa shape index (κ2) is 9.56. The quantitative estimate of drug-likeness (QED) is 0.486. The molecule has 3 rings (SSSR count). The Morgan fingerprint density at radius 3 is 2.29 bits per heavy atom. The maximum absolute atomic E-state index is 13.1. The zero-order valence-electron chi connectivity index (χ0n) is 16.1. The Kier molecular flexibility index (Phi) is 6.88. The molecule has 0 aliphatic rings. The first kappa shape index (κ1) is 20.2. The van der Waals surface area contributed by atoms with E-state index < -0.39 is 0 Å². The highest BCUT2D eigenvalue weighted by atomic mass is 32.2. The molecule has 0 heterocycles. The first-order valence-corrected chi connectivity index (χ1v) is 10.4. The number of carbonyl (C=O) groups is 1. The highest BCUT2D eigenvalue weighted by Gasteiger charge is 2.15. The van der Waals surface area contributed by atoms with Crippen LogP contribution in [0.15, 0.2) is 77.7 Å². The smallest absolute Gasteiger partial charge is 0.252 e. The predicted molar refractivity (Wildman–Crippen MR) is 114 cm³/mol. The Hall–Kier alpha value is -2.59. The average molecular weight is 394 g/mol. The first-order valence-electron chi connectivity index (χ1n) is 9.42. The van der Waals surface area contributed by atoms with Crippen molar-refractivity contribution in [3.8, 4) is 0 Å². The van der Waals surface area contributed by atoms with Crippen molar-refractivity contribution in [2.45, 2.75) is 37.0 Å². The zero-order valence-corrected chi connectivity index (χ0v) is 16.9. The standard InChI is InChI=1S/C24H24FNOS/c1-3-18-8-12-20(13-9-18)17(2)26-24(27)22-6-4-5-7-23(22)28-16-19-10-14-21(25)15-11-19/h4-15,17H,3,16H2,1-2H3,(H,26,27)/t17-/m1/s1. The number of carbonyl (C=O) groups excluding carboxylic acids is 1. The van der Waals surface area contributed by atoms with Gasteiger partial charge in [0.1, 0.15) is 5.82 Å². The molecule has 3 aromatic rings. The summed E-state index contributed by atoms with van der Waals surface area (Å²) in [7, 11) is 0. The third-order valence-corrected chi connectivity index (χ3v) is 5.82. The third kappa shape index (κ3) is 5.23. The van der Waals surface area contributed by atoms with Gasteiger partial charge in [0.25, 0.3) is 5.91 Å². The van der Waals surface area contributed by atoms with E-state index in [-0.39, 0.29) is 17.8 Å². The summed E-state index contributed by atoms with van der Waals surface area (Å²) in [6.45, 7) is 4.12. The van der Waals surface area contributed by atoms with E-state index in [1.807, 2.05) is 31.2 Å². The number of benzene rings is 3. The molecule has 0 aromatic heterocycles. The van der Waals surface area contributed by atoms with Crippen LogP contribution in [0, 0.1) is 5.82 Å². The topological polar surface area (TPSA) is 29.1 Å². The number of rotatable bonds is 7. The van der Waals surface area contributed by atoms with Gasteiger partial charge >= 0.3 is 0 Å². The Balaban J connectivity index is 1.68. The lowest BCUT2D eigenvalue weighted by atomic mass is 10.0. The monoisotopic (exact) mass is 393 g/mol. The van der Waals surface area contributed by atoms with Crippen LogP contribution in [-0.4, -0.2) is 5.91 Å². The van der Waals surface area contributed by atoms with Gasteiger partial charge in [-0.1, -0.05) is 55.5 Å². The molecule has 4 heteroatoms. The molecule has 0 bridgehead atoms. The summed E-state index contributed by atoms with van der Waals surface area (Å²) < 4.78 is 13.1.